The second-order valence-electron chi connectivity index (χ2n) is 3.26. The number of hydrogen-bond acceptors (Lipinski definition) is 4. The van der Waals surface area contributed by atoms with Crippen LogP contribution in [-0.2, 0) is 10.0 Å². The maximum absolute atomic E-state index is 11.0. The van der Waals surface area contributed by atoms with Gasteiger partial charge < -0.3 is 0 Å². The first-order valence-corrected chi connectivity index (χ1v) is 5.69. The van der Waals surface area contributed by atoms with Gasteiger partial charge in [-0.25, -0.2) is 13.6 Å². The van der Waals surface area contributed by atoms with Crippen LogP contribution in [0.2, 0.25) is 0 Å². The van der Waals surface area contributed by atoms with Gasteiger partial charge in [0.05, 0.1) is 0 Å². The number of nitrogens with two attached hydrogens (primary N) is 1. The lowest BCUT2D eigenvalue weighted by Gasteiger charge is -2.23. The van der Waals surface area contributed by atoms with Crippen molar-refractivity contribution in [2.24, 2.45) is 5.14 Å². The van der Waals surface area contributed by atoms with Crippen LogP contribution < -0.4 is 5.14 Å². The van der Waals surface area contributed by atoms with Crippen molar-refractivity contribution in [3.05, 3.63) is 10.1 Å². The Morgan fingerprint density at radius 3 is 2.23 bits per heavy atom. The van der Waals surface area contributed by atoms with Crippen LogP contribution in [0.5, 0.6) is 0 Å². The number of primary sulfonamides is 1. The Labute approximate surface area is 76.3 Å². The zero-order valence-corrected chi connectivity index (χ0v) is 7.87. The van der Waals surface area contributed by atoms with E-state index < -0.39 is 26.2 Å². The molecule has 1 fully saturated rings. The highest BCUT2D eigenvalue weighted by atomic mass is 32.2. The quantitative estimate of drug-likeness (QED) is 0.504. The number of hydrogen-bond donors (Lipinski definition) is 1. The van der Waals surface area contributed by atoms with E-state index in [0.717, 1.165) is 0 Å². The molecule has 0 aliphatic heterocycles. The van der Waals surface area contributed by atoms with Gasteiger partial charge in [0, 0.05) is 11.3 Å². The normalized spacial score (nSPS) is 29.9. The van der Waals surface area contributed by atoms with Crippen molar-refractivity contribution in [2.75, 3.05) is 0 Å². The van der Waals surface area contributed by atoms with Crippen LogP contribution in [0.1, 0.15) is 25.7 Å². The molecule has 2 atom stereocenters. The van der Waals surface area contributed by atoms with Gasteiger partial charge >= 0.3 is 0 Å². The third kappa shape index (κ3) is 2.38. The van der Waals surface area contributed by atoms with E-state index in [1.807, 2.05) is 0 Å². The Morgan fingerprint density at radius 1 is 1.31 bits per heavy atom. The minimum atomic E-state index is -3.76. The summed E-state index contributed by atoms with van der Waals surface area (Å²) in [6.07, 6.45) is 2.03. The van der Waals surface area contributed by atoms with Gasteiger partial charge in [0.25, 0.3) is 0 Å². The lowest BCUT2D eigenvalue weighted by atomic mass is 9.95. The fourth-order valence-corrected chi connectivity index (χ4v) is 2.87. The summed E-state index contributed by atoms with van der Waals surface area (Å²) < 4.78 is 21.9. The highest BCUT2D eigenvalue weighted by molar-refractivity contribution is 7.89. The minimum Gasteiger partial charge on any atom is -0.264 e. The van der Waals surface area contributed by atoms with Crippen LogP contribution in [0.15, 0.2) is 0 Å². The van der Waals surface area contributed by atoms with Crippen molar-refractivity contribution in [1.82, 2.24) is 0 Å². The first-order chi connectivity index (χ1) is 5.93. The zero-order chi connectivity index (χ0) is 10.1. The Morgan fingerprint density at radius 2 is 1.85 bits per heavy atom. The molecule has 1 aliphatic carbocycles. The van der Waals surface area contributed by atoms with Gasteiger partial charge in [-0.05, 0) is 12.8 Å². The van der Waals surface area contributed by atoms with Gasteiger partial charge in [0.1, 0.15) is 5.25 Å². The molecule has 0 aromatic rings. The zero-order valence-electron chi connectivity index (χ0n) is 7.05. The van der Waals surface area contributed by atoms with E-state index in [-0.39, 0.29) is 0 Å². The van der Waals surface area contributed by atoms with Crippen molar-refractivity contribution >= 4 is 10.0 Å². The van der Waals surface area contributed by atoms with E-state index in [2.05, 4.69) is 0 Å². The molecular formula is C6H12N2O4S. The lowest BCUT2D eigenvalue weighted by Crippen LogP contribution is -2.44. The van der Waals surface area contributed by atoms with E-state index in [4.69, 9.17) is 5.14 Å². The van der Waals surface area contributed by atoms with Gasteiger partial charge in [-0.15, -0.1) is 0 Å². The first-order valence-electron chi connectivity index (χ1n) is 4.08. The third-order valence-electron chi connectivity index (χ3n) is 2.36. The van der Waals surface area contributed by atoms with Crippen LogP contribution in [0.25, 0.3) is 0 Å². The molecule has 0 radical (unpaired) electrons. The molecule has 13 heavy (non-hydrogen) atoms. The van der Waals surface area contributed by atoms with Crippen LogP contribution >= 0.6 is 0 Å². The third-order valence-corrected chi connectivity index (χ3v) is 3.75. The molecule has 1 rings (SSSR count). The molecule has 0 spiro atoms. The topological polar surface area (TPSA) is 103 Å². The maximum atomic E-state index is 11.0. The standard InChI is InChI=1S/C6H12N2O4S/c7-13(11,12)6-4-2-1-3-5(6)8(9)10/h5-6H,1-4H2,(H2,7,11,12). The maximum Gasteiger partial charge on any atom is 0.231 e. The monoisotopic (exact) mass is 208 g/mol. The van der Waals surface area contributed by atoms with Gasteiger partial charge in [-0.3, -0.25) is 10.1 Å². The molecule has 0 heterocycles. The summed E-state index contributed by atoms with van der Waals surface area (Å²) in [5, 5.41) is 14.4. The van der Waals surface area contributed by atoms with Crippen LogP contribution in [0, 0.1) is 10.1 Å². The average Bonchev–Trinajstić information content (AvgIpc) is 2.03. The molecule has 0 saturated heterocycles. The SMILES string of the molecule is NS(=O)(=O)C1CCCCC1[N+](=O)[O-]. The van der Waals surface area contributed by atoms with E-state index >= 15 is 0 Å². The molecule has 2 N–H and O–H groups in total. The number of sulfonamides is 1. The fourth-order valence-electron chi connectivity index (χ4n) is 1.70. The van der Waals surface area contributed by atoms with E-state index in [0.29, 0.717) is 25.7 Å². The lowest BCUT2D eigenvalue weighted by molar-refractivity contribution is -0.524. The molecule has 76 valence electrons. The number of nitro groups is 1. The predicted octanol–water partition coefficient (Wildman–Crippen LogP) is -0.137. The highest BCUT2D eigenvalue weighted by Crippen LogP contribution is 2.24. The summed E-state index contributed by atoms with van der Waals surface area (Å²) >= 11 is 0. The first kappa shape index (κ1) is 10.4. The summed E-state index contributed by atoms with van der Waals surface area (Å²) in [6, 6.07) is -1.01. The molecule has 2 unspecified atom stereocenters. The Kier molecular flexibility index (Phi) is 2.87. The van der Waals surface area contributed by atoms with Gasteiger partial charge in [-0.1, -0.05) is 6.42 Å². The molecule has 0 amide bonds. The summed E-state index contributed by atoms with van der Waals surface area (Å²) in [5.41, 5.74) is 0. The molecule has 0 aromatic carbocycles. The van der Waals surface area contributed by atoms with Crippen molar-refractivity contribution < 1.29 is 13.3 Å². The largest absolute Gasteiger partial charge is 0.264 e. The smallest absolute Gasteiger partial charge is 0.231 e. The molecular weight excluding hydrogens is 196 g/mol. The molecule has 0 bridgehead atoms. The van der Waals surface area contributed by atoms with Crippen LogP contribution in [0.4, 0.5) is 0 Å². The summed E-state index contributed by atoms with van der Waals surface area (Å²) in [4.78, 5) is 9.96. The van der Waals surface area contributed by atoms with E-state index in [1.165, 1.54) is 0 Å². The van der Waals surface area contributed by atoms with Crippen molar-refractivity contribution in [3.63, 3.8) is 0 Å². The fraction of sp³-hybridized carbons (Fsp3) is 1.00. The van der Waals surface area contributed by atoms with Crippen LogP contribution in [0.3, 0.4) is 0 Å². The second kappa shape index (κ2) is 3.59. The summed E-state index contributed by atoms with van der Waals surface area (Å²) in [7, 11) is -3.76. The van der Waals surface area contributed by atoms with Gasteiger partial charge in [0.2, 0.25) is 16.1 Å². The average molecular weight is 208 g/mol. The highest BCUT2D eigenvalue weighted by Gasteiger charge is 2.41. The number of rotatable bonds is 2. The Hall–Kier alpha value is -0.690. The molecule has 1 aliphatic rings. The molecule has 6 nitrogen and oxygen atoms in total. The summed E-state index contributed by atoms with van der Waals surface area (Å²) in [6.45, 7) is 0. The Bertz CT molecular complexity index is 300. The van der Waals surface area contributed by atoms with Crippen molar-refractivity contribution in [1.29, 1.82) is 0 Å². The minimum absolute atomic E-state index is 0.310. The molecule has 1 saturated carbocycles. The molecule has 7 heteroatoms. The predicted molar refractivity (Wildman–Crippen MR) is 46.1 cm³/mol. The second-order valence-corrected chi connectivity index (χ2v) is 5.05. The summed E-state index contributed by atoms with van der Waals surface area (Å²) in [5.74, 6) is 0. The Balaban J connectivity index is 2.86. The van der Waals surface area contributed by atoms with E-state index in [9.17, 15) is 18.5 Å². The van der Waals surface area contributed by atoms with Gasteiger partial charge in [-0.2, -0.15) is 0 Å². The van der Waals surface area contributed by atoms with Crippen LogP contribution in [-0.4, -0.2) is 24.6 Å². The van der Waals surface area contributed by atoms with Gasteiger partial charge in [0.15, 0.2) is 0 Å². The molecule has 0 aromatic heterocycles. The van der Waals surface area contributed by atoms with Crippen molar-refractivity contribution in [2.45, 2.75) is 37.0 Å². The van der Waals surface area contributed by atoms with Crippen molar-refractivity contribution in [3.8, 4) is 0 Å². The number of nitrogens with zero attached hydrogens (tertiary/aromatic N) is 1. The van der Waals surface area contributed by atoms with E-state index in [1.54, 1.807) is 0 Å².